The molecule has 0 atom stereocenters. The molecule has 1 spiro atoms. The van der Waals surface area contributed by atoms with Crippen molar-refractivity contribution in [2.75, 3.05) is 0 Å². The number of hydrogen-bond donors (Lipinski definition) is 0. The van der Waals surface area contributed by atoms with Gasteiger partial charge in [-0.05, 0) is 112 Å². The van der Waals surface area contributed by atoms with Crippen molar-refractivity contribution >= 4 is 0 Å². The molecule has 59 heavy (non-hydrogen) atoms. The number of rotatable bonds is 5. The Hall–Kier alpha value is -7.50. The van der Waals surface area contributed by atoms with Crippen molar-refractivity contribution in [3.05, 3.63) is 215 Å². The topological polar surface area (TPSA) is 60.8 Å². The summed E-state index contributed by atoms with van der Waals surface area (Å²) in [7, 11) is 0. The monoisotopic (exact) mass is 758 g/mol. The van der Waals surface area contributed by atoms with E-state index in [2.05, 4.69) is 152 Å². The number of aryl methyl sites for hydroxylation is 3. The molecule has 7 aromatic carbocycles. The quantitative estimate of drug-likeness (QED) is 0.175. The Bertz CT molecular complexity index is 3070. The number of hydrogen-bond acceptors (Lipinski definition) is 5. The molecule has 0 unspecified atom stereocenters. The predicted molar refractivity (Wildman–Crippen MR) is 236 cm³/mol. The Kier molecular flexibility index (Phi) is 7.99. The van der Waals surface area contributed by atoms with Crippen LogP contribution in [0.15, 0.2) is 176 Å². The van der Waals surface area contributed by atoms with E-state index in [4.69, 9.17) is 19.7 Å². The summed E-state index contributed by atoms with van der Waals surface area (Å²) in [4.78, 5) is 19.2. The Morgan fingerprint density at radius 3 is 1.64 bits per heavy atom. The maximum absolute atomic E-state index is 6.67. The number of para-hydroxylation sites is 2. The lowest BCUT2D eigenvalue weighted by Crippen LogP contribution is -2.32. The third kappa shape index (κ3) is 5.39. The molecule has 0 amide bonds. The van der Waals surface area contributed by atoms with Crippen molar-refractivity contribution in [3.8, 4) is 78.8 Å². The first-order valence-electron chi connectivity index (χ1n) is 20.0. The van der Waals surface area contributed by atoms with Gasteiger partial charge in [0, 0.05) is 34.6 Å². The van der Waals surface area contributed by atoms with E-state index in [1.165, 1.54) is 50.1 Å². The van der Waals surface area contributed by atoms with Gasteiger partial charge in [0.05, 0.1) is 5.41 Å². The predicted octanol–water partition coefficient (Wildman–Crippen LogP) is 13.0. The van der Waals surface area contributed by atoms with Gasteiger partial charge in [0.2, 0.25) is 0 Å². The highest BCUT2D eigenvalue weighted by atomic mass is 16.5. The molecule has 0 radical (unpaired) electrons. The van der Waals surface area contributed by atoms with E-state index in [9.17, 15) is 0 Å². The summed E-state index contributed by atoms with van der Waals surface area (Å²) in [5, 5.41) is 0. The summed E-state index contributed by atoms with van der Waals surface area (Å²) in [5.41, 5.74) is 17.7. The van der Waals surface area contributed by atoms with Crippen LogP contribution in [0, 0.1) is 20.8 Å². The lowest BCUT2D eigenvalue weighted by molar-refractivity contribution is 0.436. The smallest absolute Gasteiger partial charge is 0.163 e. The molecule has 9 aromatic rings. The minimum absolute atomic E-state index is 0.645. The molecule has 0 fully saturated rings. The molecule has 1 aliphatic carbocycles. The summed E-state index contributed by atoms with van der Waals surface area (Å²) < 4.78 is 6.67. The van der Waals surface area contributed by atoms with Crippen molar-refractivity contribution < 1.29 is 4.74 Å². The van der Waals surface area contributed by atoms with Gasteiger partial charge in [-0.2, -0.15) is 0 Å². The zero-order valence-corrected chi connectivity index (χ0v) is 32.9. The van der Waals surface area contributed by atoms with Gasteiger partial charge >= 0.3 is 0 Å². The van der Waals surface area contributed by atoms with E-state index < -0.39 is 5.41 Å². The summed E-state index contributed by atoms with van der Waals surface area (Å²) in [6.45, 7) is 6.23. The first-order valence-corrected chi connectivity index (χ1v) is 20.0. The largest absolute Gasteiger partial charge is 0.457 e. The van der Waals surface area contributed by atoms with Crippen LogP contribution in [0.4, 0.5) is 0 Å². The molecule has 280 valence electrons. The molecule has 5 nitrogen and oxygen atoms in total. The van der Waals surface area contributed by atoms with E-state index in [1.54, 1.807) is 0 Å². The Labute approximate surface area is 343 Å². The molecular weight excluding hydrogens is 721 g/mol. The van der Waals surface area contributed by atoms with Crippen LogP contribution in [0.3, 0.4) is 0 Å². The second-order valence-electron chi connectivity index (χ2n) is 15.5. The molecule has 0 N–H and O–H groups in total. The second-order valence-corrected chi connectivity index (χ2v) is 15.5. The molecule has 11 rings (SSSR count). The van der Waals surface area contributed by atoms with E-state index in [1.807, 2.05) is 49.6 Å². The highest BCUT2D eigenvalue weighted by Crippen LogP contribution is 2.63. The van der Waals surface area contributed by atoms with Gasteiger partial charge in [0.1, 0.15) is 17.3 Å². The highest BCUT2D eigenvalue weighted by Gasteiger charge is 2.51. The molecule has 3 heterocycles. The fourth-order valence-electron chi connectivity index (χ4n) is 9.57. The number of benzene rings is 7. The van der Waals surface area contributed by atoms with Gasteiger partial charge in [-0.25, -0.2) is 15.0 Å². The van der Waals surface area contributed by atoms with Gasteiger partial charge < -0.3 is 4.74 Å². The average Bonchev–Trinajstić information content (AvgIpc) is 3.56. The van der Waals surface area contributed by atoms with Crippen molar-refractivity contribution in [3.63, 3.8) is 0 Å². The minimum Gasteiger partial charge on any atom is -0.457 e. The zero-order chi connectivity index (χ0) is 39.7. The molecule has 0 bridgehead atoms. The maximum Gasteiger partial charge on any atom is 0.163 e. The van der Waals surface area contributed by atoms with E-state index >= 15 is 0 Å². The Morgan fingerprint density at radius 2 is 0.949 bits per heavy atom. The Morgan fingerprint density at radius 1 is 0.390 bits per heavy atom. The summed E-state index contributed by atoms with van der Waals surface area (Å²) in [6, 6.07) is 58.4. The van der Waals surface area contributed by atoms with Crippen molar-refractivity contribution in [2.24, 2.45) is 0 Å². The van der Waals surface area contributed by atoms with Gasteiger partial charge in [-0.15, -0.1) is 0 Å². The van der Waals surface area contributed by atoms with Gasteiger partial charge in [-0.1, -0.05) is 140 Å². The molecule has 2 aromatic heterocycles. The van der Waals surface area contributed by atoms with Crippen molar-refractivity contribution in [1.29, 1.82) is 0 Å². The van der Waals surface area contributed by atoms with Crippen LogP contribution in [-0.4, -0.2) is 19.9 Å². The molecular formula is C54H38N4O. The Balaban J connectivity index is 1.15. The first-order chi connectivity index (χ1) is 29.0. The molecule has 5 heteroatoms. The second kappa shape index (κ2) is 13.6. The first kappa shape index (κ1) is 34.7. The highest BCUT2D eigenvalue weighted by molar-refractivity contribution is 5.96. The minimum atomic E-state index is -0.655. The van der Waals surface area contributed by atoms with Gasteiger partial charge in [0.25, 0.3) is 0 Å². The van der Waals surface area contributed by atoms with E-state index in [0.717, 1.165) is 50.4 Å². The zero-order valence-electron chi connectivity index (χ0n) is 32.9. The third-order valence-electron chi connectivity index (χ3n) is 12.0. The van der Waals surface area contributed by atoms with Crippen LogP contribution in [-0.2, 0) is 5.41 Å². The molecule has 0 saturated carbocycles. The third-order valence-corrected chi connectivity index (χ3v) is 12.0. The fourth-order valence-corrected chi connectivity index (χ4v) is 9.57. The van der Waals surface area contributed by atoms with Crippen molar-refractivity contribution in [1.82, 2.24) is 19.9 Å². The average molecular weight is 759 g/mol. The standard InChI is InChI=1S/C54H38N4O/c1-33-31-55-32-34(2)51(33)43-20-10-9-19-41(43)40-18-8-7-17-39(40)37-26-28-45-44(29-37)42-27-25-38(53-57-35(3)56-52(58-53)36-15-5-4-6-16-36)30-48(42)54(45)46-21-11-13-23-49(46)59-50-24-14-12-22-47(50)54/h4-32H,1-3H3. The van der Waals surface area contributed by atoms with Gasteiger partial charge in [0.15, 0.2) is 11.6 Å². The lowest BCUT2D eigenvalue weighted by Gasteiger charge is -2.39. The van der Waals surface area contributed by atoms with E-state index in [0.29, 0.717) is 17.5 Å². The molecule has 0 saturated heterocycles. The van der Waals surface area contributed by atoms with Crippen LogP contribution >= 0.6 is 0 Å². The number of pyridine rings is 1. The molecule has 2 aliphatic rings. The number of fused-ring (bicyclic) bond motifs is 9. The summed E-state index contributed by atoms with van der Waals surface area (Å²) >= 11 is 0. The van der Waals surface area contributed by atoms with Crippen LogP contribution in [0.1, 0.15) is 39.2 Å². The van der Waals surface area contributed by atoms with Crippen molar-refractivity contribution in [2.45, 2.75) is 26.2 Å². The van der Waals surface area contributed by atoms with Crippen LogP contribution < -0.4 is 4.74 Å². The number of nitrogens with zero attached hydrogens (tertiary/aromatic N) is 4. The van der Waals surface area contributed by atoms with Crippen LogP contribution in [0.25, 0.3) is 67.3 Å². The fraction of sp³-hybridized carbons (Fsp3) is 0.0741. The molecule has 1 aliphatic heterocycles. The number of aromatic nitrogens is 4. The van der Waals surface area contributed by atoms with Gasteiger partial charge in [-0.3, -0.25) is 4.98 Å². The normalized spacial score (nSPS) is 12.9. The van der Waals surface area contributed by atoms with E-state index in [-0.39, 0.29) is 0 Å². The summed E-state index contributed by atoms with van der Waals surface area (Å²) in [6.07, 6.45) is 3.92. The lowest BCUT2D eigenvalue weighted by atomic mass is 9.66. The van der Waals surface area contributed by atoms with Crippen LogP contribution in [0.5, 0.6) is 11.5 Å². The number of ether oxygens (including phenoxy) is 1. The summed E-state index contributed by atoms with van der Waals surface area (Å²) in [5.74, 6) is 3.68. The SMILES string of the molecule is Cc1nc(-c2ccccc2)nc(-c2ccc3c(c2)C2(c4ccccc4Oc4ccccc42)c2ccc(-c4ccccc4-c4ccccc4-c4c(C)cncc4C)cc2-3)n1. The van der Waals surface area contributed by atoms with Crippen LogP contribution in [0.2, 0.25) is 0 Å². The maximum atomic E-state index is 6.67.